The second-order valence-electron chi connectivity index (χ2n) is 7.96. The van der Waals surface area contributed by atoms with E-state index in [4.69, 9.17) is 0 Å². The molecule has 2 bridgehead atoms. The number of allylic oxidation sites excluding steroid dienone is 2. The molecule has 7 rings (SSSR count). The first-order chi connectivity index (χ1) is 12.7. The van der Waals surface area contributed by atoms with Crippen molar-refractivity contribution in [3.63, 3.8) is 0 Å². The van der Waals surface area contributed by atoms with Crippen molar-refractivity contribution in [2.24, 2.45) is 40.6 Å². The molecule has 2 amide bonds. The topological polar surface area (TPSA) is 49.7 Å². The molecule has 26 heavy (non-hydrogen) atoms. The molecule has 4 heteroatoms. The molecule has 4 aliphatic carbocycles. The Bertz CT molecular complexity index is 982. The van der Waals surface area contributed by atoms with Gasteiger partial charge in [0.1, 0.15) is 0 Å². The number of rotatable bonds is 2. The summed E-state index contributed by atoms with van der Waals surface area (Å²) < 4.78 is 0. The molecule has 0 radical (unpaired) electrons. The molecule has 0 N–H and O–H groups in total. The molecule has 2 saturated carbocycles. The smallest absolute Gasteiger partial charge is 0.254 e. The lowest BCUT2D eigenvalue weighted by Gasteiger charge is -2.37. The summed E-state index contributed by atoms with van der Waals surface area (Å²) in [6.07, 6.45) is 7.20. The molecule has 1 saturated heterocycles. The van der Waals surface area contributed by atoms with E-state index in [9.17, 15) is 9.59 Å². The van der Waals surface area contributed by atoms with Crippen molar-refractivity contribution < 1.29 is 9.59 Å². The van der Waals surface area contributed by atoms with Crippen LogP contribution in [-0.2, 0) is 9.59 Å². The number of hydrogen-bond acceptors (Lipinski definition) is 3. The zero-order chi connectivity index (χ0) is 17.4. The van der Waals surface area contributed by atoms with Gasteiger partial charge in [0.05, 0.1) is 18.1 Å². The quantitative estimate of drug-likeness (QED) is 0.478. The van der Waals surface area contributed by atoms with E-state index in [-0.39, 0.29) is 35.5 Å². The molecule has 128 valence electrons. The highest BCUT2D eigenvalue weighted by atomic mass is 16.2. The highest BCUT2D eigenvalue weighted by Crippen LogP contribution is 2.65. The summed E-state index contributed by atoms with van der Waals surface area (Å²) in [5, 5.41) is 7.68. The van der Waals surface area contributed by atoms with Crippen molar-refractivity contribution in [2.45, 2.75) is 6.42 Å². The standard InChI is InChI=1S/C22H18N2O2/c25-21-19-15-8-9-16(18-10-17(15)18)20(19)22(26)24(21)23-11-13-6-3-5-12-4-1-2-7-14(12)13/h1-9,11,15-20H,10H2/b23-11-/t15-,16+,17-,18-,19+,20-/m1/s1. The average molecular weight is 342 g/mol. The van der Waals surface area contributed by atoms with E-state index >= 15 is 0 Å². The normalized spacial score (nSPS) is 36.8. The summed E-state index contributed by atoms with van der Waals surface area (Å²) in [6.45, 7) is 0. The number of carbonyl (C=O) groups is 2. The van der Waals surface area contributed by atoms with Crippen LogP contribution in [0.4, 0.5) is 0 Å². The molecule has 0 spiro atoms. The number of imide groups is 1. The first-order valence-electron chi connectivity index (χ1n) is 9.32. The van der Waals surface area contributed by atoms with Gasteiger partial charge in [-0.1, -0.05) is 54.6 Å². The van der Waals surface area contributed by atoms with Gasteiger partial charge in [-0.15, -0.1) is 0 Å². The van der Waals surface area contributed by atoms with E-state index in [1.165, 1.54) is 6.42 Å². The summed E-state index contributed by atoms with van der Waals surface area (Å²) in [5.41, 5.74) is 0.919. The van der Waals surface area contributed by atoms with E-state index in [1.807, 2.05) is 42.5 Å². The van der Waals surface area contributed by atoms with Crippen LogP contribution in [0, 0.1) is 35.5 Å². The van der Waals surface area contributed by atoms with Crippen LogP contribution in [0.3, 0.4) is 0 Å². The number of nitrogens with zero attached hydrogens (tertiary/aromatic N) is 2. The van der Waals surface area contributed by atoms with Crippen LogP contribution in [0.25, 0.3) is 10.8 Å². The Morgan fingerprint density at radius 1 is 0.885 bits per heavy atom. The second-order valence-corrected chi connectivity index (χ2v) is 7.96. The molecule has 6 atom stereocenters. The highest BCUT2D eigenvalue weighted by molar-refractivity contribution is 6.07. The number of benzene rings is 2. The maximum atomic E-state index is 12.9. The first kappa shape index (κ1) is 14.4. The summed E-state index contributed by atoms with van der Waals surface area (Å²) in [7, 11) is 0. The minimum Gasteiger partial charge on any atom is -0.272 e. The molecule has 5 aliphatic rings. The lowest BCUT2D eigenvalue weighted by atomic mass is 9.63. The molecular weight excluding hydrogens is 324 g/mol. The molecule has 1 aliphatic heterocycles. The van der Waals surface area contributed by atoms with E-state index < -0.39 is 0 Å². The number of amides is 2. The number of hydrazone groups is 1. The molecule has 3 fully saturated rings. The zero-order valence-electron chi connectivity index (χ0n) is 14.2. The second kappa shape index (κ2) is 4.91. The van der Waals surface area contributed by atoms with Crippen molar-refractivity contribution in [3.05, 3.63) is 60.2 Å². The lowest BCUT2D eigenvalue weighted by Crippen LogP contribution is -2.40. The minimum absolute atomic E-state index is 0.110. The van der Waals surface area contributed by atoms with Gasteiger partial charge in [0, 0.05) is 5.56 Å². The fourth-order valence-corrected chi connectivity index (χ4v) is 5.54. The Hall–Kier alpha value is -2.75. The van der Waals surface area contributed by atoms with Crippen LogP contribution < -0.4 is 0 Å². The van der Waals surface area contributed by atoms with Gasteiger partial charge in [0.2, 0.25) is 0 Å². The van der Waals surface area contributed by atoms with E-state index in [2.05, 4.69) is 17.3 Å². The fraction of sp³-hybridized carbons (Fsp3) is 0.318. The summed E-state index contributed by atoms with van der Waals surface area (Å²) in [4.78, 5) is 25.9. The van der Waals surface area contributed by atoms with E-state index in [0.717, 1.165) is 21.3 Å². The number of carbonyl (C=O) groups excluding carboxylic acids is 2. The highest BCUT2D eigenvalue weighted by Gasteiger charge is 2.67. The predicted octanol–water partition coefficient (Wildman–Crippen LogP) is 3.23. The number of fused-ring (bicyclic) bond motifs is 1. The van der Waals surface area contributed by atoms with Gasteiger partial charge in [0.15, 0.2) is 0 Å². The Morgan fingerprint density at radius 3 is 2.27 bits per heavy atom. The minimum atomic E-state index is -0.189. The third-order valence-corrected chi connectivity index (χ3v) is 6.78. The fourth-order valence-electron chi connectivity index (χ4n) is 5.54. The predicted molar refractivity (Wildman–Crippen MR) is 98.1 cm³/mol. The van der Waals surface area contributed by atoms with Crippen LogP contribution in [0.15, 0.2) is 59.7 Å². The van der Waals surface area contributed by atoms with Crippen molar-refractivity contribution in [1.82, 2.24) is 5.01 Å². The van der Waals surface area contributed by atoms with Gasteiger partial charge in [-0.05, 0) is 40.9 Å². The molecule has 2 aromatic rings. The maximum Gasteiger partial charge on any atom is 0.254 e. The van der Waals surface area contributed by atoms with Crippen LogP contribution >= 0.6 is 0 Å². The van der Waals surface area contributed by atoms with Crippen LogP contribution in [0.5, 0.6) is 0 Å². The molecular formula is C22H18N2O2. The maximum absolute atomic E-state index is 12.9. The lowest BCUT2D eigenvalue weighted by molar-refractivity contribution is -0.140. The van der Waals surface area contributed by atoms with Crippen LogP contribution in [0.2, 0.25) is 0 Å². The zero-order valence-corrected chi connectivity index (χ0v) is 14.2. The van der Waals surface area contributed by atoms with Crippen molar-refractivity contribution in [2.75, 3.05) is 0 Å². The molecule has 1 heterocycles. The summed E-state index contributed by atoms with van der Waals surface area (Å²) in [6, 6.07) is 14.0. The van der Waals surface area contributed by atoms with E-state index in [1.54, 1.807) is 6.21 Å². The third-order valence-electron chi connectivity index (χ3n) is 6.78. The Labute approximate surface area is 151 Å². The summed E-state index contributed by atoms with van der Waals surface area (Å²) in [5.74, 6) is 1.11. The molecule has 4 nitrogen and oxygen atoms in total. The first-order valence-corrected chi connectivity index (χ1v) is 9.32. The van der Waals surface area contributed by atoms with Gasteiger partial charge in [-0.3, -0.25) is 9.59 Å². The largest absolute Gasteiger partial charge is 0.272 e. The molecule has 2 aromatic carbocycles. The van der Waals surface area contributed by atoms with Gasteiger partial charge < -0.3 is 0 Å². The molecule has 0 aromatic heterocycles. The van der Waals surface area contributed by atoms with Crippen LogP contribution in [0.1, 0.15) is 12.0 Å². The Balaban J connectivity index is 1.36. The van der Waals surface area contributed by atoms with Crippen LogP contribution in [-0.4, -0.2) is 23.0 Å². The van der Waals surface area contributed by atoms with E-state index in [0.29, 0.717) is 11.8 Å². The van der Waals surface area contributed by atoms with Crippen molar-refractivity contribution >= 4 is 28.8 Å². The van der Waals surface area contributed by atoms with Gasteiger partial charge in [-0.2, -0.15) is 10.1 Å². The summed E-state index contributed by atoms with van der Waals surface area (Å²) >= 11 is 0. The average Bonchev–Trinajstić information content (AvgIpc) is 3.45. The Kier molecular flexibility index (Phi) is 2.72. The van der Waals surface area contributed by atoms with Gasteiger partial charge in [-0.25, -0.2) is 0 Å². The Morgan fingerprint density at radius 2 is 1.54 bits per heavy atom. The van der Waals surface area contributed by atoms with Gasteiger partial charge >= 0.3 is 0 Å². The van der Waals surface area contributed by atoms with Gasteiger partial charge in [0.25, 0.3) is 11.8 Å². The third kappa shape index (κ3) is 1.77. The van der Waals surface area contributed by atoms with Crippen molar-refractivity contribution in [3.8, 4) is 0 Å². The molecule has 0 unspecified atom stereocenters. The SMILES string of the molecule is O=C1[C@@H]2[C@H]3C=C[C@H]([C@H]4C[C@H]34)[C@@H]2C(=O)N1/N=C\c1cccc2ccccc12. The number of hydrogen-bond donors (Lipinski definition) is 0. The van der Waals surface area contributed by atoms with Crippen molar-refractivity contribution in [1.29, 1.82) is 0 Å². The monoisotopic (exact) mass is 342 g/mol.